The van der Waals surface area contributed by atoms with Gasteiger partial charge in [0.15, 0.2) is 5.78 Å². The maximum atomic E-state index is 13.0. The Morgan fingerprint density at radius 1 is 1.38 bits per heavy atom. The molecule has 16 heavy (non-hydrogen) atoms. The number of nitrogens with two attached hydrogens (primary N) is 1. The van der Waals surface area contributed by atoms with Crippen molar-refractivity contribution in [3.8, 4) is 0 Å². The second-order valence-electron chi connectivity index (χ2n) is 3.98. The molecule has 1 aliphatic rings. The van der Waals surface area contributed by atoms with Gasteiger partial charge < -0.3 is 10.5 Å². The number of anilines is 1. The van der Waals surface area contributed by atoms with Gasteiger partial charge in [0.05, 0.1) is 0 Å². The summed E-state index contributed by atoms with van der Waals surface area (Å²) in [5.74, 6) is -0.581. The number of benzene rings is 1. The van der Waals surface area contributed by atoms with E-state index in [9.17, 15) is 9.18 Å². The Balaban J connectivity index is 2.22. The average Bonchev–Trinajstić information content (AvgIpc) is 2.32. The van der Waals surface area contributed by atoms with Gasteiger partial charge in [-0.15, -0.1) is 0 Å². The Kier molecular flexibility index (Phi) is 3.19. The van der Waals surface area contributed by atoms with Crippen molar-refractivity contribution in [3.63, 3.8) is 0 Å². The molecule has 1 saturated heterocycles. The minimum absolute atomic E-state index is 0.0692. The molecule has 2 N–H and O–H groups in total. The maximum Gasteiger partial charge on any atom is 0.168 e. The molecule has 4 heteroatoms. The lowest BCUT2D eigenvalue weighted by Crippen LogP contribution is -2.24. The van der Waals surface area contributed by atoms with E-state index >= 15 is 0 Å². The molecule has 2 rings (SSSR count). The van der Waals surface area contributed by atoms with Gasteiger partial charge in [0.25, 0.3) is 0 Å². The zero-order chi connectivity index (χ0) is 11.5. The fourth-order valence-electron chi connectivity index (χ4n) is 1.92. The number of carbonyl (C=O) groups is 1. The van der Waals surface area contributed by atoms with Crippen molar-refractivity contribution in [1.82, 2.24) is 0 Å². The fraction of sp³-hybridized carbons (Fsp3) is 0.417. The highest BCUT2D eigenvalue weighted by atomic mass is 19.1. The largest absolute Gasteiger partial charge is 0.398 e. The molecular formula is C12H14FNO2. The zero-order valence-corrected chi connectivity index (χ0v) is 8.91. The highest BCUT2D eigenvalue weighted by Gasteiger charge is 2.24. The van der Waals surface area contributed by atoms with E-state index in [0.29, 0.717) is 37.3 Å². The lowest BCUT2D eigenvalue weighted by Gasteiger charge is -2.21. The molecule has 86 valence electrons. The third-order valence-electron chi connectivity index (χ3n) is 2.87. The van der Waals surface area contributed by atoms with Crippen LogP contribution in [0.2, 0.25) is 0 Å². The highest BCUT2D eigenvalue weighted by molar-refractivity contribution is 6.02. The minimum Gasteiger partial charge on any atom is -0.398 e. The summed E-state index contributed by atoms with van der Waals surface area (Å²) in [6.07, 6.45) is 1.38. The van der Waals surface area contributed by atoms with Crippen LogP contribution in [0.4, 0.5) is 10.1 Å². The molecule has 0 bridgehead atoms. The van der Waals surface area contributed by atoms with Gasteiger partial charge in [-0.1, -0.05) is 0 Å². The van der Waals surface area contributed by atoms with Gasteiger partial charge in [0.1, 0.15) is 5.82 Å². The Bertz CT molecular complexity index is 400. The number of halogens is 1. The quantitative estimate of drug-likeness (QED) is 0.616. The van der Waals surface area contributed by atoms with Crippen LogP contribution in [0.1, 0.15) is 23.2 Å². The number of Topliss-reactive ketones (excluding diaryl/α,β-unsaturated/α-hetero) is 1. The van der Waals surface area contributed by atoms with Crippen LogP contribution in [0.5, 0.6) is 0 Å². The Labute approximate surface area is 93.4 Å². The standard InChI is InChI=1S/C12H14FNO2/c13-9-1-2-11(14)10(7-9)12(15)8-3-5-16-6-4-8/h1-2,7-8H,3-6,14H2. The van der Waals surface area contributed by atoms with Crippen molar-refractivity contribution in [1.29, 1.82) is 0 Å². The molecule has 1 aromatic carbocycles. The molecule has 0 saturated carbocycles. The third-order valence-corrected chi connectivity index (χ3v) is 2.87. The highest BCUT2D eigenvalue weighted by Crippen LogP contribution is 2.23. The van der Waals surface area contributed by atoms with Gasteiger partial charge in [-0.2, -0.15) is 0 Å². The molecule has 1 aliphatic heterocycles. The van der Waals surface area contributed by atoms with Crippen LogP contribution in [0, 0.1) is 11.7 Å². The normalized spacial score (nSPS) is 17.3. The summed E-state index contributed by atoms with van der Waals surface area (Å²) in [7, 11) is 0. The summed E-state index contributed by atoms with van der Waals surface area (Å²) in [6, 6.07) is 3.91. The molecule has 0 aromatic heterocycles. The van der Waals surface area contributed by atoms with Gasteiger partial charge in [-0.25, -0.2) is 4.39 Å². The van der Waals surface area contributed by atoms with Crippen LogP contribution < -0.4 is 5.73 Å². The van der Waals surface area contributed by atoms with Crippen LogP contribution in [0.25, 0.3) is 0 Å². The summed E-state index contributed by atoms with van der Waals surface area (Å²) < 4.78 is 18.2. The van der Waals surface area contributed by atoms with Gasteiger partial charge in [-0.3, -0.25) is 4.79 Å². The van der Waals surface area contributed by atoms with Gasteiger partial charge >= 0.3 is 0 Å². The number of hydrogen-bond acceptors (Lipinski definition) is 3. The van der Waals surface area contributed by atoms with E-state index in [2.05, 4.69) is 0 Å². The molecule has 0 atom stereocenters. The number of nitrogen functional groups attached to an aromatic ring is 1. The molecule has 3 nitrogen and oxygen atoms in total. The summed E-state index contributed by atoms with van der Waals surface area (Å²) in [5, 5.41) is 0. The molecular weight excluding hydrogens is 209 g/mol. The fourth-order valence-corrected chi connectivity index (χ4v) is 1.92. The first-order chi connectivity index (χ1) is 7.68. The van der Waals surface area contributed by atoms with E-state index in [1.165, 1.54) is 18.2 Å². The molecule has 1 aromatic rings. The van der Waals surface area contributed by atoms with Crippen LogP contribution in [-0.2, 0) is 4.74 Å². The van der Waals surface area contributed by atoms with E-state index in [0.717, 1.165) is 0 Å². The lowest BCUT2D eigenvalue weighted by atomic mass is 9.90. The van der Waals surface area contributed by atoms with Crippen LogP contribution in [0.15, 0.2) is 18.2 Å². The second kappa shape index (κ2) is 4.61. The van der Waals surface area contributed by atoms with Crippen molar-refractivity contribution < 1.29 is 13.9 Å². The minimum atomic E-state index is -0.426. The first kappa shape index (κ1) is 11.1. The molecule has 1 fully saturated rings. The molecule has 1 heterocycles. The smallest absolute Gasteiger partial charge is 0.168 e. The van der Waals surface area contributed by atoms with Crippen LogP contribution in [-0.4, -0.2) is 19.0 Å². The van der Waals surface area contributed by atoms with Crippen LogP contribution in [0.3, 0.4) is 0 Å². The molecule has 0 amide bonds. The monoisotopic (exact) mass is 223 g/mol. The van der Waals surface area contributed by atoms with E-state index in [1.54, 1.807) is 0 Å². The predicted octanol–water partition coefficient (Wildman–Crippen LogP) is 2.02. The Morgan fingerprint density at radius 2 is 2.06 bits per heavy atom. The van der Waals surface area contributed by atoms with E-state index in [1.807, 2.05) is 0 Å². The van der Waals surface area contributed by atoms with Crippen molar-refractivity contribution in [3.05, 3.63) is 29.6 Å². The number of carbonyl (C=O) groups excluding carboxylic acids is 1. The van der Waals surface area contributed by atoms with Crippen molar-refractivity contribution in [2.24, 2.45) is 5.92 Å². The van der Waals surface area contributed by atoms with Gasteiger partial charge in [-0.05, 0) is 31.0 Å². The third kappa shape index (κ3) is 2.22. The van der Waals surface area contributed by atoms with Crippen molar-refractivity contribution in [2.45, 2.75) is 12.8 Å². The molecule has 0 aliphatic carbocycles. The number of hydrogen-bond donors (Lipinski definition) is 1. The molecule has 0 unspecified atom stereocenters. The summed E-state index contributed by atoms with van der Waals surface area (Å²) in [6.45, 7) is 1.18. The number of ether oxygens (including phenoxy) is 1. The summed E-state index contributed by atoms with van der Waals surface area (Å²) >= 11 is 0. The van der Waals surface area contributed by atoms with Gasteiger partial charge in [0.2, 0.25) is 0 Å². The summed E-state index contributed by atoms with van der Waals surface area (Å²) in [4.78, 5) is 12.1. The Hall–Kier alpha value is -1.42. The first-order valence-corrected chi connectivity index (χ1v) is 5.35. The predicted molar refractivity (Wildman–Crippen MR) is 58.7 cm³/mol. The van der Waals surface area contributed by atoms with E-state index in [4.69, 9.17) is 10.5 Å². The second-order valence-corrected chi connectivity index (χ2v) is 3.98. The van der Waals surface area contributed by atoms with E-state index < -0.39 is 5.82 Å². The molecule has 0 radical (unpaired) electrons. The van der Waals surface area contributed by atoms with Gasteiger partial charge in [0, 0.05) is 30.4 Å². The molecule has 0 spiro atoms. The lowest BCUT2D eigenvalue weighted by molar-refractivity contribution is 0.0545. The Morgan fingerprint density at radius 3 is 2.75 bits per heavy atom. The summed E-state index contributed by atoms with van der Waals surface area (Å²) in [5.41, 5.74) is 6.32. The maximum absolute atomic E-state index is 13.0. The topological polar surface area (TPSA) is 52.3 Å². The average molecular weight is 223 g/mol. The SMILES string of the molecule is Nc1ccc(F)cc1C(=O)C1CCOCC1. The zero-order valence-electron chi connectivity index (χ0n) is 8.91. The first-order valence-electron chi connectivity index (χ1n) is 5.35. The number of ketones is 1. The van der Waals surface area contributed by atoms with E-state index in [-0.39, 0.29) is 11.7 Å². The van der Waals surface area contributed by atoms with Crippen LogP contribution >= 0.6 is 0 Å². The van der Waals surface area contributed by atoms with Crippen molar-refractivity contribution >= 4 is 11.5 Å². The van der Waals surface area contributed by atoms with Crippen molar-refractivity contribution in [2.75, 3.05) is 18.9 Å². The number of rotatable bonds is 2.